The van der Waals surface area contributed by atoms with Gasteiger partial charge < -0.3 is 14.5 Å². The minimum atomic E-state index is -0.0316. The highest BCUT2D eigenvalue weighted by Gasteiger charge is 2.45. The van der Waals surface area contributed by atoms with Crippen molar-refractivity contribution in [3.63, 3.8) is 0 Å². The van der Waals surface area contributed by atoms with Gasteiger partial charge in [0.15, 0.2) is 0 Å². The molecular formula is C23H24N2O3. The van der Waals surface area contributed by atoms with Crippen molar-refractivity contribution in [2.75, 3.05) is 18.6 Å². The van der Waals surface area contributed by atoms with Crippen LogP contribution in [-0.2, 0) is 4.79 Å². The van der Waals surface area contributed by atoms with Gasteiger partial charge in [0.25, 0.3) is 5.91 Å². The maximum absolute atomic E-state index is 13.2. The first-order valence-electron chi connectivity index (χ1n) is 10.1. The maximum Gasteiger partial charge on any atom is 0.259 e. The van der Waals surface area contributed by atoms with E-state index in [0.29, 0.717) is 6.42 Å². The highest BCUT2D eigenvalue weighted by Crippen LogP contribution is 2.51. The van der Waals surface area contributed by atoms with Gasteiger partial charge in [-0.05, 0) is 49.1 Å². The Morgan fingerprint density at radius 3 is 2.68 bits per heavy atom. The van der Waals surface area contributed by atoms with Crippen LogP contribution < -0.4 is 9.64 Å². The van der Waals surface area contributed by atoms with E-state index in [2.05, 4.69) is 0 Å². The minimum Gasteiger partial charge on any atom is -0.497 e. The lowest BCUT2D eigenvalue weighted by Crippen LogP contribution is -2.42. The van der Waals surface area contributed by atoms with Crippen LogP contribution >= 0.6 is 0 Å². The first-order chi connectivity index (χ1) is 13.7. The second-order valence-corrected chi connectivity index (χ2v) is 7.85. The fourth-order valence-electron chi connectivity index (χ4n) is 5.01. The predicted octanol–water partition coefficient (Wildman–Crippen LogP) is 4.24. The fourth-order valence-corrected chi connectivity index (χ4v) is 5.01. The summed E-state index contributed by atoms with van der Waals surface area (Å²) in [6.45, 7) is 0.780. The molecule has 5 rings (SSSR count). The number of rotatable bonds is 2. The summed E-state index contributed by atoms with van der Waals surface area (Å²) < 4.78 is 5.46. The zero-order valence-electron chi connectivity index (χ0n) is 16.1. The van der Waals surface area contributed by atoms with E-state index in [1.54, 1.807) is 7.11 Å². The molecule has 2 aromatic rings. The molecule has 5 heteroatoms. The summed E-state index contributed by atoms with van der Waals surface area (Å²) in [4.78, 5) is 30.0. The number of likely N-dealkylation sites (tertiary alicyclic amines) is 1. The van der Waals surface area contributed by atoms with Crippen molar-refractivity contribution in [3.05, 3.63) is 59.2 Å². The molecule has 3 aliphatic heterocycles. The van der Waals surface area contributed by atoms with Crippen LogP contribution in [0.4, 0.5) is 5.69 Å². The molecule has 2 atom stereocenters. The topological polar surface area (TPSA) is 49.9 Å². The summed E-state index contributed by atoms with van der Waals surface area (Å²) in [5.74, 6) is 1.03. The third kappa shape index (κ3) is 2.53. The molecule has 144 valence electrons. The lowest BCUT2D eigenvalue weighted by Gasteiger charge is -2.42. The second-order valence-electron chi connectivity index (χ2n) is 7.85. The predicted molar refractivity (Wildman–Crippen MR) is 107 cm³/mol. The zero-order valence-corrected chi connectivity index (χ0v) is 16.1. The van der Waals surface area contributed by atoms with Crippen molar-refractivity contribution >= 4 is 17.5 Å². The first kappa shape index (κ1) is 17.3. The Balaban J connectivity index is 1.65. The summed E-state index contributed by atoms with van der Waals surface area (Å²) >= 11 is 0. The van der Waals surface area contributed by atoms with Crippen LogP contribution in [0, 0.1) is 0 Å². The summed E-state index contributed by atoms with van der Waals surface area (Å²) in [5, 5.41) is 0. The Bertz CT molecular complexity index is 955. The Morgan fingerprint density at radius 1 is 0.964 bits per heavy atom. The molecule has 3 heterocycles. The molecule has 2 aromatic carbocycles. The number of ether oxygens (including phenoxy) is 1. The molecule has 0 aromatic heterocycles. The van der Waals surface area contributed by atoms with Gasteiger partial charge in [-0.3, -0.25) is 9.59 Å². The van der Waals surface area contributed by atoms with Gasteiger partial charge in [-0.2, -0.15) is 0 Å². The van der Waals surface area contributed by atoms with Gasteiger partial charge in [0.2, 0.25) is 5.91 Å². The van der Waals surface area contributed by atoms with E-state index in [1.807, 2.05) is 52.3 Å². The molecule has 0 radical (unpaired) electrons. The molecule has 2 amide bonds. The highest BCUT2D eigenvalue weighted by molar-refractivity contribution is 6.12. The average molecular weight is 376 g/mol. The lowest BCUT2D eigenvalue weighted by atomic mass is 9.88. The molecule has 3 aliphatic rings. The first-order valence-corrected chi connectivity index (χ1v) is 10.1. The molecule has 0 spiro atoms. The fraction of sp³-hybridized carbons (Fsp3) is 0.391. The normalized spacial score (nSPS) is 23.8. The lowest BCUT2D eigenvalue weighted by molar-refractivity contribution is -0.133. The molecule has 2 unspecified atom stereocenters. The SMILES string of the molecule is COc1ccc2c(c1)C(N1CCCCCC1=O)CC1c3ccccc3C(=O)N21. The highest BCUT2D eigenvalue weighted by atomic mass is 16.5. The summed E-state index contributed by atoms with van der Waals surface area (Å²) in [6, 6.07) is 13.7. The van der Waals surface area contributed by atoms with Crippen LogP contribution in [0.2, 0.25) is 0 Å². The molecule has 5 nitrogen and oxygen atoms in total. The Kier molecular flexibility index (Phi) is 4.11. The Hall–Kier alpha value is -2.82. The number of nitrogens with zero attached hydrogens (tertiary/aromatic N) is 2. The number of amides is 2. The van der Waals surface area contributed by atoms with Crippen LogP contribution in [0.1, 0.15) is 65.7 Å². The Morgan fingerprint density at radius 2 is 1.82 bits per heavy atom. The van der Waals surface area contributed by atoms with E-state index >= 15 is 0 Å². The van der Waals surface area contributed by atoms with Gasteiger partial charge in [-0.1, -0.05) is 24.6 Å². The molecule has 0 saturated carbocycles. The molecular weight excluding hydrogens is 352 g/mol. The number of hydrogen-bond acceptors (Lipinski definition) is 3. The van der Waals surface area contributed by atoms with Crippen molar-refractivity contribution in [1.82, 2.24) is 4.90 Å². The number of anilines is 1. The maximum atomic E-state index is 13.2. The molecule has 0 aliphatic carbocycles. The van der Waals surface area contributed by atoms with E-state index in [9.17, 15) is 9.59 Å². The summed E-state index contributed by atoms with van der Waals surface area (Å²) in [7, 11) is 1.65. The molecule has 0 bridgehead atoms. The van der Waals surface area contributed by atoms with Crippen molar-refractivity contribution in [3.8, 4) is 5.75 Å². The van der Waals surface area contributed by atoms with E-state index in [-0.39, 0.29) is 23.9 Å². The van der Waals surface area contributed by atoms with Gasteiger partial charge >= 0.3 is 0 Å². The van der Waals surface area contributed by atoms with E-state index in [1.165, 1.54) is 0 Å². The van der Waals surface area contributed by atoms with Crippen molar-refractivity contribution in [1.29, 1.82) is 0 Å². The zero-order chi connectivity index (χ0) is 19.3. The third-order valence-corrected chi connectivity index (χ3v) is 6.37. The molecule has 0 N–H and O–H groups in total. The molecule has 28 heavy (non-hydrogen) atoms. The number of carbonyl (C=O) groups is 2. The van der Waals surface area contributed by atoms with Crippen LogP contribution in [0.3, 0.4) is 0 Å². The largest absolute Gasteiger partial charge is 0.497 e. The second kappa shape index (κ2) is 6.66. The quantitative estimate of drug-likeness (QED) is 0.788. The van der Waals surface area contributed by atoms with E-state index < -0.39 is 0 Å². The van der Waals surface area contributed by atoms with Crippen LogP contribution in [-0.4, -0.2) is 30.4 Å². The third-order valence-electron chi connectivity index (χ3n) is 6.37. The summed E-state index contributed by atoms with van der Waals surface area (Å²) in [5.41, 5.74) is 3.77. The van der Waals surface area contributed by atoms with Gasteiger partial charge in [0.05, 0.1) is 24.9 Å². The average Bonchev–Trinajstić information content (AvgIpc) is 2.86. The van der Waals surface area contributed by atoms with Gasteiger partial charge in [0, 0.05) is 24.1 Å². The standard InChI is InChI=1S/C23H24N2O3/c1-28-15-10-11-19-18(13-15)20(24-12-6-2-3-9-22(24)26)14-21-16-7-4-5-8-17(16)23(27)25(19)21/h4-5,7-8,10-11,13,20-21H,2-3,6,9,12,14H2,1H3. The number of benzene rings is 2. The Labute approximate surface area is 164 Å². The van der Waals surface area contributed by atoms with E-state index in [4.69, 9.17) is 4.74 Å². The van der Waals surface area contributed by atoms with Crippen LogP contribution in [0.5, 0.6) is 5.75 Å². The minimum absolute atomic E-state index is 0.0225. The van der Waals surface area contributed by atoms with Crippen LogP contribution in [0.15, 0.2) is 42.5 Å². The van der Waals surface area contributed by atoms with Crippen molar-refractivity contribution in [2.24, 2.45) is 0 Å². The van der Waals surface area contributed by atoms with Gasteiger partial charge in [-0.25, -0.2) is 0 Å². The van der Waals surface area contributed by atoms with Gasteiger partial charge in [-0.15, -0.1) is 0 Å². The molecule has 1 fully saturated rings. The number of carbonyl (C=O) groups excluding carboxylic acids is 2. The van der Waals surface area contributed by atoms with Crippen molar-refractivity contribution in [2.45, 2.75) is 44.2 Å². The number of fused-ring (bicyclic) bond motifs is 5. The number of methoxy groups -OCH3 is 1. The van der Waals surface area contributed by atoms with E-state index in [0.717, 1.165) is 60.4 Å². The van der Waals surface area contributed by atoms with Gasteiger partial charge in [0.1, 0.15) is 5.75 Å². The smallest absolute Gasteiger partial charge is 0.259 e. The van der Waals surface area contributed by atoms with Crippen LogP contribution in [0.25, 0.3) is 0 Å². The summed E-state index contributed by atoms with van der Waals surface area (Å²) in [6.07, 6.45) is 4.43. The number of hydrogen-bond donors (Lipinski definition) is 0. The van der Waals surface area contributed by atoms with Crippen molar-refractivity contribution < 1.29 is 14.3 Å². The molecule has 1 saturated heterocycles. The monoisotopic (exact) mass is 376 g/mol.